The molecule has 5 nitrogen and oxygen atoms in total. The summed E-state index contributed by atoms with van der Waals surface area (Å²) < 4.78 is 1.99. The number of aryl methyl sites for hydroxylation is 2. The van der Waals surface area contributed by atoms with Gasteiger partial charge in [-0.3, -0.25) is 4.98 Å². The van der Waals surface area contributed by atoms with Gasteiger partial charge in [-0.25, -0.2) is 9.97 Å². The second-order valence-electron chi connectivity index (χ2n) is 4.54. The molecule has 0 radical (unpaired) electrons. The Bertz CT molecular complexity index is 717. The Morgan fingerprint density at radius 2 is 2.11 bits per heavy atom. The van der Waals surface area contributed by atoms with E-state index < -0.39 is 0 Å². The first-order chi connectivity index (χ1) is 9.25. The van der Waals surface area contributed by atoms with Crippen molar-refractivity contribution in [2.24, 2.45) is 7.05 Å². The maximum absolute atomic E-state index is 4.38. The number of anilines is 1. The van der Waals surface area contributed by atoms with E-state index in [4.69, 9.17) is 0 Å². The van der Waals surface area contributed by atoms with Crippen molar-refractivity contribution in [1.82, 2.24) is 19.5 Å². The predicted molar refractivity (Wildman–Crippen MR) is 74.8 cm³/mol. The van der Waals surface area contributed by atoms with E-state index in [2.05, 4.69) is 27.2 Å². The zero-order valence-corrected chi connectivity index (χ0v) is 11.0. The first kappa shape index (κ1) is 11.6. The van der Waals surface area contributed by atoms with Crippen LogP contribution in [0.4, 0.5) is 5.82 Å². The zero-order chi connectivity index (χ0) is 13.2. The topological polar surface area (TPSA) is 55.6 Å². The fourth-order valence-electron chi connectivity index (χ4n) is 2.07. The van der Waals surface area contributed by atoms with Crippen molar-refractivity contribution in [2.75, 3.05) is 5.32 Å². The molecule has 96 valence electrons. The first-order valence-corrected chi connectivity index (χ1v) is 6.15. The highest BCUT2D eigenvalue weighted by atomic mass is 15.1. The van der Waals surface area contributed by atoms with Gasteiger partial charge < -0.3 is 9.88 Å². The van der Waals surface area contributed by atoms with Gasteiger partial charge in [0.25, 0.3) is 0 Å². The first-order valence-electron chi connectivity index (χ1n) is 6.15. The molecule has 0 atom stereocenters. The summed E-state index contributed by atoms with van der Waals surface area (Å²) in [5.41, 5.74) is 4.36. The molecular formula is C14H15N5. The van der Waals surface area contributed by atoms with Crippen LogP contribution in [0.1, 0.15) is 11.1 Å². The minimum absolute atomic E-state index is 0.719. The maximum atomic E-state index is 4.38. The van der Waals surface area contributed by atoms with E-state index in [1.165, 1.54) is 11.1 Å². The molecule has 0 aliphatic carbocycles. The smallest absolute Gasteiger partial charge is 0.154 e. The van der Waals surface area contributed by atoms with Crippen molar-refractivity contribution in [1.29, 1.82) is 0 Å². The number of nitrogens with one attached hydrogen (secondary N) is 1. The van der Waals surface area contributed by atoms with Crippen LogP contribution >= 0.6 is 0 Å². The maximum Gasteiger partial charge on any atom is 0.154 e. The zero-order valence-electron chi connectivity index (χ0n) is 11.0. The normalized spacial score (nSPS) is 10.8. The monoisotopic (exact) mass is 253 g/mol. The molecule has 0 unspecified atom stereocenters. The highest BCUT2D eigenvalue weighted by molar-refractivity contribution is 5.85. The Morgan fingerprint density at radius 1 is 1.21 bits per heavy atom. The van der Waals surface area contributed by atoms with Crippen LogP contribution < -0.4 is 5.32 Å². The second-order valence-corrected chi connectivity index (χ2v) is 4.54. The summed E-state index contributed by atoms with van der Waals surface area (Å²) in [7, 11) is 1.98. The minimum Gasteiger partial charge on any atom is -0.364 e. The van der Waals surface area contributed by atoms with Gasteiger partial charge in [0, 0.05) is 32.2 Å². The van der Waals surface area contributed by atoms with Crippen LogP contribution in [0.15, 0.2) is 37.1 Å². The van der Waals surface area contributed by atoms with Gasteiger partial charge in [-0.05, 0) is 30.2 Å². The van der Waals surface area contributed by atoms with Crippen LogP contribution in [0.5, 0.6) is 0 Å². The third kappa shape index (κ3) is 2.14. The quantitative estimate of drug-likeness (QED) is 0.778. The van der Waals surface area contributed by atoms with Gasteiger partial charge in [0.15, 0.2) is 5.82 Å². The van der Waals surface area contributed by atoms with Crippen LogP contribution in [-0.2, 0) is 13.6 Å². The van der Waals surface area contributed by atoms with E-state index in [1.807, 2.05) is 29.9 Å². The molecule has 3 aromatic heterocycles. The molecule has 5 heteroatoms. The molecule has 0 amide bonds. The number of imidazole rings is 1. The molecular weight excluding hydrogens is 238 g/mol. The number of rotatable bonds is 3. The minimum atomic E-state index is 0.719. The lowest BCUT2D eigenvalue weighted by Crippen LogP contribution is -2.03. The summed E-state index contributed by atoms with van der Waals surface area (Å²) in [6.45, 7) is 2.77. The van der Waals surface area contributed by atoms with Gasteiger partial charge in [0.05, 0.1) is 11.8 Å². The lowest BCUT2D eigenvalue weighted by atomic mass is 10.1. The van der Waals surface area contributed by atoms with Crippen molar-refractivity contribution >= 4 is 16.9 Å². The molecule has 0 aliphatic heterocycles. The van der Waals surface area contributed by atoms with Gasteiger partial charge in [-0.2, -0.15) is 0 Å². The summed E-state index contributed by atoms with van der Waals surface area (Å²) in [5.74, 6) is 0.814. The van der Waals surface area contributed by atoms with Crippen LogP contribution in [-0.4, -0.2) is 19.5 Å². The number of aromatic nitrogens is 4. The highest BCUT2D eigenvalue weighted by Crippen LogP contribution is 2.19. The van der Waals surface area contributed by atoms with E-state index >= 15 is 0 Å². The van der Waals surface area contributed by atoms with E-state index in [-0.39, 0.29) is 0 Å². The van der Waals surface area contributed by atoms with Crippen molar-refractivity contribution in [3.05, 3.63) is 48.2 Å². The fourth-order valence-corrected chi connectivity index (χ4v) is 2.07. The van der Waals surface area contributed by atoms with Crippen LogP contribution in [0.3, 0.4) is 0 Å². The molecule has 0 bridgehead atoms. The van der Waals surface area contributed by atoms with Crippen molar-refractivity contribution in [2.45, 2.75) is 13.5 Å². The molecule has 19 heavy (non-hydrogen) atoms. The second kappa shape index (κ2) is 4.68. The summed E-state index contributed by atoms with van der Waals surface area (Å²) in [6.07, 6.45) is 7.27. The predicted octanol–water partition coefficient (Wildman–Crippen LogP) is 2.28. The third-order valence-corrected chi connectivity index (χ3v) is 3.23. The summed E-state index contributed by atoms with van der Waals surface area (Å²) in [4.78, 5) is 12.8. The van der Waals surface area contributed by atoms with Crippen LogP contribution in [0.2, 0.25) is 0 Å². The molecule has 0 saturated heterocycles. The SMILES string of the molecule is Cc1cnccc1CNc1nccc2c1ncn2C. The molecule has 3 aromatic rings. The molecule has 0 aromatic carbocycles. The van der Waals surface area contributed by atoms with Gasteiger partial charge >= 0.3 is 0 Å². The number of hydrogen-bond donors (Lipinski definition) is 1. The average molecular weight is 253 g/mol. The van der Waals surface area contributed by atoms with Crippen molar-refractivity contribution in [3.63, 3.8) is 0 Å². The van der Waals surface area contributed by atoms with Gasteiger partial charge in [-0.15, -0.1) is 0 Å². The van der Waals surface area contributed by atoms with Crippen molar-refractivity contribution in [3.8, 4) is 0 Å². The number of pyridine rings is 2. The Morgan fingerprint density at radius 3 is 2.95 bits per heavy atom. The lowest BCUT2D eigenvalue weighted by Gasteiger charge is -2.08. The van der Waals surface area contributed by atoms with Crippen LogP contribution in [0, 0.1) is 6.92 Å². The van der Waals surface area contributed by atoms with Crippen molar-refractivity contribution < 1.29 is 0 Å². The fraction of sp³-hybridized carbons (Fsp3) is 0.214. The van der Waals surface area contributed by atoms with Gasteiger partial charge in [-0.1, -0.05) is 0 Å². The average Bonchev–Trinajstić information content (AvgIpc) is 2.81. The largest absolute Gasteiger partial charge is 0.364 e. The molecule has 0 spiro atoms. The molecule has 0 saturated carbocycles. The highest BCUT2D eigenvalue weighted by Gasteiger charge is 2.06. The molecule has 3 rings (SSSR count). The summed E-state index contributed by atoms with van der Waals surface area (Å²) in [6, 6.07) is 3.98. The Balaban J connectivity index is 1.88. The Hall–Kier alpha value is -2.43. The Kier molecular flexibility index (Phi) is 2.87. The van der Waals surface area contributed by atoms with E-state index in [0.717, 1.165) is 23.4 Å². The van der Waals surface area contributed by atoms with E-state index in [1.54, 1.807) is 18.7 Å². The molecule has 0 aliphatic rings. The number of hydrogen-bond acceptors (Lipinski definition) is 4. The lowest BCUT2D eigenvalue weighted by molar-refractivity contribution is 0.947. The van der Waals surface area contributed by atoms with Crippen LogP contribution in [0.25, 0.3) is 11.0 Å². The standard InChI is InChI=1S/C14H15N5/c1-10-7-15-5-3-11(10)8-17-14-13-12(4-6-16-14)19(2)9-18-13/h3-7,9H,8H2,1-2H3,(H,16,17). The molecule has 3 heterocycles. The molecule has 0 fully saturated rings. The Labute approximate surface area is 111 Å². The number of nitrogens with zero attached hydrogens (tertiary/aromatic N) is 4. The summed E-state index contributed by atoms with van der Waals surface area (Å²) >= 11 is 0. The summed E-state index contributed by atoms with van der Waals surface area (Å²) in [5, 5.41) is 3.34. The van der Waals surface area contributed by atoms with Gasteiger partial charge in [0.2, 0.25) is 0 Å². The molecule has 1 N–H and O–H groups in total. The van der Waals surface area contributed by atoms with E-state index in [9.17, 15) is 0 Å². The van der Waals surface area contributed by atoms with E-state index in [0.29, 0.717) is 0 Å². The number of fused-ring (bicyclic) bond motifs is 1. The van der Waals surface area contributed by atoms with Gasteiger partial charge in [0.1, 0.15) is 5.52 Å². The third-order valence-electron chi connectivity index (χ3n) is 3.23.